The number of hydrogen-bond acceptors (Lipinski definition) is 3. The average Bonchev–Trinajstić information content (AvgIpc) is 3.00. The molecule has 0 unspecified atom stereocenters. The number of thiophene rings is 1. The summed E-state index contributed by atoms with van der Waals surface area (Å²) in [5.74, 6) is -0.445. The van der Waals surface area contributed by atoms with E-state index in [0.717, 1.165) is 5.56 Å². The second-order valence-electron chi connectivity index (χ2n) is 5.12. The van der Waals surface area contributed by atoms with Gasteiger partial charge in [0.25, 0.3) is 0 Å². The van der Waals surface area contributed by atoms with Crippen molar-refractivity contribution in [3.8, 4) is 0 Å². The van der Waals surface area contributed by atoms with Crippen LogP contribution in [0.15, 0.2) is 47.9 Å². The summed E-state index contributed by atoms with van der Waals surface area (Å²) in [4.78, 5) is 15.2. The van der Waals surface area contributed by atoms with Crippen molar-refractivity contribution < 1.29 is 9.18 Å². The molecule has 5 heteroatoms. The van der Waals surface area contributed by atoms with Crippen LogP contribution in [0.1, 0.15) is 16.5 Å². The van der Waals surface area contributed by atoms with E-state index in [0.29, 0.717) is 6.54 Å². The van der Waals surface area contributed by atoms with Gasteiger partial charge in [-0.1, -0.05) is 18.2 Å². The molecule has 0 aliphatic heterocycles. The first-order valence-electron chi connectivity index (χ1n) is 6.97. The van der Waals surface area contributed by atoms with Crippen molar-refractivity contribution in [1.29, 1.82) is 0 Å². The monoisotopic (exact) mass is 318 g/mol. The molecular weight excluding hydrogens is 299 g/mol. The Hall–Kier alpha value is -1.98. The van der Waals surface area contributed by atoms with Gasteiger partial charge in [-0.15, -0.1) is 11.3 Å². The molecule has 0 fully saturated rings. The van der Waals surface area contributed by atoms with Crippen LogP contribution in [0.25, 0.3) is 6.08 Å². The van der Waals surface area contributed by atoms with Gasteiger partial charge in [0.15, 0.2) is 0 Å². The van der Waals surface area contributed by atoms with Gasteiger partial charge in [-0.25, -0.2) is 4.39 Å². The lowest BCUT2D eigenvalue weighted by molar-refractivity contribution is -0.116. The van der Waals surface area contributed by atoms with Crippen molar-refractivity contribution in [1.82, 2.24) is 10.2 Å². The number of hydrogen-bond donors (Lipinski definition) is 1. The summed E-state index contributed by atoms with van der Waals surface area (Å²) < 4.78 is 12.8. The SMILES string of the molecule is CN(C)[C@@H](CNC(=O)/C=C/c1ccc(F)cc1)c1cccs1. The molecule has 0 aliphatic carbocycles. The van der Waals surface area contributed by atoms with Crippen molar-refractivity contribution in [2.45, 2.75) is 6.04 Å². The highest BCUT2D eigenvalue weighted by molar-refractivity contribution is 7.10. The van der Waals surface area contributed by atoms with Crippen LogP contribution in [0.4, 0.5) is 4.39 Å². The fourth-order valence-electron chi connectivity index (χ4n) is 2.02. The van der Waals surface area contributed by atoms with E-state index in [4.69, 9.17) is 0 Å². The molecule has 1 amide bonds. The van der Waals surface area contributed by atoms with Crippen LogP contribution in [0.2, 0.25) is 0 Å². The maximum Gasteiger partial charge on any atom is 0.244 e. The zero-order valence-corrected chi connectivity index (χ0v) is 13.4. The molecule has 0 saturated heterocycles. The largest absolute Gasteiger partial charge is 0.351 e. The second kappa shape index (κ2) is 7.87. The minimum atomic E-state index is -0.286. The van der Waals surface area contributed by atoms with Crippen LogP contribution >= 0.6 is 11.3 Å². The van der Waals surface area contributed by atoms with Crippen LogP contribution in [0.5, 0.6) is 0 Å². The number of rotatable bonds is 6. The zero-order valence-electron chi connectivity index (χ0n) is 12.6. The van der Waals surface area contributed by atoms with Crippen molar-refractivity contribution in [3.63, 3.8) is 0 Å². The van der Waals surface area contributed by atoms with E-state index in [1.807, 2.05) is 25.5 Å². The second-order valence-corrected chi connectivity index (χ2v) is 6.10. The van der Waals surface area contributed by atoms with Gasteiger partial charge in [0.2, 0.25) is 5.91 Å². The van der Waals surface area contributed by atoms with Crippen LogP contribution < -0.4 is 5.32 Å². The summed E-state index contributed by atoms with van der Waals surface area (Å²) >= 11 is 1.68. The Morgan fingerprint density at radius 1 is 1.32 bits per heavy atom. The van der Waals surface area contributed by atoms with Gasteiger partial charge in [0.05, 0.1) is 6.04 Å². The highest BCUT2D eigenvalue weighted by atomic mass is 32.1. The summed E-state index contributed by atoms with van der Waals surface area (Å²) in [6, 6.07) is 10.2. The molecule has 116 valence electrons. The van der Waals surface area contributed by atoms with Crippen LogP contribution in [-0.4, -0.2) is 31.4 Å². The first-order chi connectivity index (χ1) is 10.6. The van der Waals surface area contributed by atoms with Gasteiger partial charge < -0.3 is 10.2 Å². The summed E-state index contributed by atoms with van der Waals surface area (Å²) in [7, 11) is 3.98. The van der Waals surface area contributed by atoms with Crippen LogP contribution in [0.3, 0.4) is 0 Å². The topological polar surface area (TPSA) is 32.3 Å². The van der Waals surface area contributed by atoms with Crippen molar-refractivity contribution in [3.05, 3.63) is 64.1 Å². The van der Waals surface area contributed by atoms with E-state index in [-0.39, 0.29) is 17.8 Å². The van der Waals surface area contributed by atoms with E-state index in [1.165, 1.54) is 23.1 Å². The van der Waals surface area contributed by atoms with Gasteiger partial charge in [0, 0.05) is 17.5 Å². The maximum absolute atomic E-state index is 12.8. The average molecular weight is 318 g/mol. The first-order valence-corrected chi connectivity index (χ1v) is 7.85. The molecule has 0 aliphatic rings. The van der Waals surface area contributed by atoms with Crippen molar-refractivity contribution >= 4 is 23.3 Å². The fraction of sp³-hybridized carbons (Fsp3) is 0.235. The summed E-state index contributed by atoms with van der Waals surface area (Å²) in [5, 5.41) is 4.93. The molecule has 1 aromatic heterocycles. The normalized spacial score (nSPS) is 12.7. The number of nitrogens with one attached hydrogen (secondary N) is 1. The molecule has 2 aromatic rings. The van der Waals surface area contributed by atoms with E-state index >= 15 is 0 Å². The van der Waals surface area contributed by atoms with Crippen molar-refractivity contribution in [2.24, 2.45) is 0 Å². The van der Waals surface area contributed by atoms with E-state index in [1.54, 1.807) is 29.5 Å². The molecule has 1 aromatic carbocycles. The first kappa shape index (κ1) is 16.4. The third kappa shape index (κ3) is 4.79. The minimum absolute atomic E-state index is 0.156. The third-order valence-corrected chi connectivity index (χ3v) is 4.24. The number of carbonyl (C=O) groups is 1. The lowest BCUT2D eigenvalue weighted by atomic mass is 10.2. The molecule has 22 heavy (non-hydrogen) atoms. The highest BCUT2D eigenvalue weighted by Gasteiger charge is 2.15. The Kier molecular flexibility index (Phi) is 5.86. The van der Waals surface area contributed by atoms with E-state index in [2.05, 4.69) is 16.3 Å². The smallest absolute Gasteiger partial charge is 0.244 e. The Labute approximate surface area is 134 Å². The highest BCUT2D eigenvalue weighted by Crippen LogP contribution is 2.22. The summed E-state index contributed by atoms with van der Waals surface area (Å²) in [6.45, 7) is 0.542. The molecule has 1 heterocycles. The molecule has 0 bridgehead atoms. The number of likely N-dealkylation sites (N-methyl/N-ethyl adjacent to an activating group) is 1. The van der Waals surface area contributed by atoms with Crippen LogP contribution in [0, 0.1) is 5.82 Å². The standard InChI is InChI=1S/C17H19FN2OS/c1-20(2)15(16-4-3-11-22-16)12-19-17(21)10-7-13-5-8-14(18)9-6-13/h3-11,15H,12H2,1-2H3,(H,19,21)/b10-7+/t15-/m0/s1. The number of nitrogens with zero attached hydrogens (tertiary/aromatic N) is 1. The minimum Gasteiger partial charge on any atom is -0.351 e. The van der Waals surface area contributed by atoms with E-state index in [9.17, 15) is 9.18 Å². The van der Waals surface area contributed by atoms with Crippen molar-refractivity contribution in [2.75, 3.05) is 20.6 Å². The third-order valence-electron chi connectivity index (χ3n) is 3.26. The molecule has 0 spiro atoms. The molecule has 0 radical (unpaired) electrons. The summed E-state index contributed by atoms with van der Waals surface area (Å²) in [5.41, 5.74) is 0.791. The van der Waals surface area contributed by atoms with Crippen LogP contribution in [-0.2, 0) is 4.79 Å². The maximum atomic E-state index is 12.8. The Morgan fingerprint density at radius 3 is 2.64 bits per heavy atom. The predicted octanol–water partition coefficient (Wildman–Crippen LogP) is 3.32. The van der Waals surface area contributed by atoms with Gasteiger partial charge >= 0.3 is 0 Å². The lowest BCUT2D eigenvalue weighted by Gasteiger charge is -2.23. The van der Waals surface area contributed by atoms with Gasteiger partial charge in [0.1, 0.15) is 5.82 Å². The number of amides is 1. The molecule has 2 rings (SSSR count). The fourth-order valence-corrected chi connectivity index (χ4v) is 2.94. The quantitative estimate of drug-likeness (QED) is 0.829. The molecular formula is C17H19FN2OS. The number of benzene rings is 1. The zero-order chi connectivity index (χ0) is 15.9. The molecule has 1 N–H and O–H groups in total. The molecule has 0 saturated carbocycles. The Bertz CT molecular complexity index is 621. The Balaban J connectivity index is 1.90. The number of carbonyl (C=O) groups excluding carboxylic acids is 1. The molecule has 1 atom stereocenters. The number of halogens is 1. The van der Waals surface area contributed by atoms with E-state index < -0.39 is 0 Å². The summed E-state index contributed by atoms with van der Waals surface area (Å²) in [6.07, 6.45) is 3.14. The van der Waals surface area contributed by atoms with Gasteiger partial charge in [-0.2, -0.15) is 0 Å². The lowest BCUT2D eigenvalue weighted by Crippen LogP contribution is -2.33. The van der Waals surface area contributed by atoms with Gasteiger partial charge in [-0.3, -0.25) is 4.79 Å². The predicted molar refractivity (Wildman–Crippen MR) is 89.2 cm³/mol. The van der Waals surface area contributed by atoms with Gasteiger partial charge in [-0.05, 0) is 49.3 Å². The Morgan fingerprint density at radius 2 is 2.05 bits per heavy atom. The molecule has 3 nitrogen and oxygen atoms in total.